The third kappa shape index (κ3) is 3.34. The minimum atomic E-state index is -1.80. The SMILES string of the molecule is O=C(O)[C@@H]1O[C@H](Oc2ccc([NH+]([O-])O)cc2)[C@@H](O)[C@@H](O)[C@@H]1O. The third-order valence-electron chi connectivity index (χ3n) is 3.17. The van der Waals surface area contributed by atoms with Gasteiger partial charge in [-0.05, 0) is 12.1 Å². The number of carbonyl (C=O) groups is 1. The molecule has 1 fully saturated rings. The number of benzene rings is 1. The first-order chi connectivity index (χ1) is 10.3. The number of ether oxygens (including phenoxy) is 2. The van der Waals surface area contributed by atoms with E-state index in [4.69, 9.17) is 19.8 Å². The number of hydrogen-bond acceptors (Lipinski definition) is 8. The van der Waals surface area contributed by atoms with Crippen LogP contribution < -0.4 is 9.96 Å². The minimum Gasteiger partial charge on any atom is -0.595 e. The van der Waals surface area contributed by atoms with Crippen LogP contribution in [0.3, 0.4) is 0 Å². The highest BCUT2D eigenvalue weighted by Crippen LogP contribution is 2.24. The molecule has 1 aliphatic rings. The monoisotopic (exact) mass is 317 g/mol. The summed E-state index contributed by atoms with van der Waals surface area (Å²) in [7, 11) is 0. The molecule has 1 aliphatic heterocycles. The molecule has 1 unspecified atom stereocenters. The Balaban J connectivity index is 2.11. The highest BCUT2D eigenvalue weighted by molar-refractivity contribution is 5.73. The third-order valence-corrected chi connectivity index (χ3v) is 3.17. The Bertz CT molecular complexity index is 520. The first-order valence-corrected chi connectivity index (χ1v) is 6.23. The van der Waals surface area contributed by atoms with Crippen molar-refractivity contribution in [2.24, 2.45) is 0 Å². The molecule has 1 heterocycles. The predicted molar refractivity (Wildman–Crippen MR) is 67.2 cm³/mol. The molecule has 1 aromatic rings. The Morgan fingerprint density at radius 3 is 2.23 bits per heavy atom. The zero-order valence-electron chi connectivity index (χ0n) is 11.1. The van der Waals surface area contributed by atoms with Gasteiger partial charge in [0.15, 0.2) is 11.8 Å². The van der Waals surface area contributed by atoms with Crippen LogP contribution in [0.15, 0.2) is 24.3 Å². The molecule has 0 radical (unpaired) electrons. The van der Waals surface area contributed by atoms with Gasteiger partial charge in [0.25, 0.3) is 0 Å². The van der Waals surface area contributed by atoms with E-state index in [2.05, 4.69) is 0 Å². The van der Waals surface area contributed by atoms with Crippen molar-refractivity contribution < 1.29 is 45.1 Å². The Kier molecular flexibility index (Phi) is 4.93. The first-order valence-electron chi connectivity index (χ1n) is 6.23. The highest BCUT2D eigenvalue weighted by Gasteiger charge is 2.48. The van der Waals surface area contributed by atoms with Crippen LogP contribution in [0.25, 0.3) is 0 Å². The average Bonchev–Trinajstić information content (AvgIpc) is 2.48. The molecule has 122 valence electrons. The van der Waals surface area contributed by atoms with Crippen LogP contribution in [0, 0.1) is 5.21 Å². The zero-order valence-corrected chi connectivity index (χ0v) is 11.1. The fourth-order valence-corrected chi connectivity index (χ4v) is 1.96. The van der Waals surface area contributed by atoms with E-state index in [1.807, 2.05) is 0 Å². The van der Waals surface area contributed by atoms with E-state index in [1.165, 1.54) is 24.3 Å². The number of rotatable bonds is 4. The van der Waals surface area contributed by atoms with Crippen LogP contribution in [0.5, 0.6) is 5.75 Å². The van der Waals surface area contributed by atoms with Crippen molar-refractivity contribution in [3.8, 4) is 5.75 Å². The van der Waals surface area contributed by atoms with Crippen molar-refractivity contribution in [3.63, 3.8) is 0 Å². The van der Waals surface area contributed by atoms with Gasteiger partial charge >= 0.3 is 5.97 Å². The summed E-state index contributed by atoms with van der Waals surface area (Å²) in [6.07, 6.45) is -8.54. The van der Waals surface area contributed by atoms with Gasteiger partial charge < -0.3 is 35.1 Å². The number of carboxylic acids is 1. The van der Waals surface area contributed by atoms with E-state index in [9.17, 15) is 25.3 Å². The quantitative estimate of drug-likeness (QED) is 0.326. The maximum absolute atomic E-state index is 10.9. The van der Waals surface area contributed by atoms with Crippen molar-refractivity contribution in [2.45, 2.75) is 30.7 Å². The number of aliphatic carboxylic acids is 1. The van der Waals surface area contributed by atoms with E-state index in [-0.39, 0.29) is 11.4 Å². The van der Waals surface area contributed by atoms with Gasteiger partial charge in [0.2, 0.25) is 6.29 Å². The van der Waals surface area contributed by atoms with Crippen LogP contribution in [0.2, 0.25) is 0 Å². The van der Waals surface area contributed by atoms with Gasteiger partial charge in [-0.2, -0.15) is 5.23 Å². The molecule has 6 N–H and O–H groups in total. The molecule has 1 aromatic carbocycles. The second-order valence-corrected chi connectivity index (χ2v) is 4.68. The van der Waals surface area contributed by atoms with Crippen LogP contribution in [0.4, 0.5) is 5.69 Å². The topological polar surface area (TPSA) is 164 Å². The smallest absolute Gasteiger partial charge is 0.335 e. The fourth-order valence-electron chi connectivity index (χ4n) is 1.96. The maximum atomic E-state index is 10.9. The number of hydrogen-bond donors (Lipinski definition) is 6. The van der Waals surface area contributed by atoms with Crippen LogP contribution in [0.1, 0.15) is 0 Å². The molecule has 10 nitrogen and oxygen atoms in total. The minimum absolute atomic E-state index is 0.0105. The lowest BCUT2D eigenvalue weighted by Gasteiger charge is -2.38. The van der Waals surface area contributed by atoms with E-state index >= 15 is 0 Å². The normalized spacial score (nSPS) is 33.2. The standard InChI is InChI=1S/C12H15NO9/c14-7-8(15)10(11(17)18)22-12(9(7)16)21-6-3-1-5(2-4-6)13(19)20/h1-4,7-10,12-16,19H,(H,17,18)/t7-,8-,9-,10+,12-/m0/s1. The molecule has 0 amide bonds. The predicted octanol–water partition coefficient (Wildman–Crippen LogP) is -2.64. The second kappa shape index (κ2) is 6.54. The second-order valence-electron chi connectivity index (χ2n) is 4.68. The Labute approximate surface area is 123 Å². The van der Waals surface area contributed by atoms with E-state index < -0.39 is 41.9 Å². The van der Waals surface area contributed by atoms with Crippen molar-refractivity contribution >= 4 is 11.7 Å². The van der Waals surface area contributed by atoms with Gasteiger partial charge in [-0.1, -0.05) is 0 Å². The number of aliphatic hydroxyl groups is 3. The van der Waals surface area contributed by atoms with Crippen molar-refractivity contribution in [1.82, 2.24) is 0 Å². The molecule has 6 atom stereocenters. The summed E-state index contributed by atoms with van der Waals surface area (Å²) in [5, 5.41) is 56.2. The molecule has 0 spiro atoms. The zero-order chi connectivity index (χ0) is 16.4. The molecule has 10 heteroatoms. The average molecular weight is 317 g/mol. The van der Waals surface area contributed by atoms with Crippen molar-refractivity contribution in [1.29, 1.82) is 0 Å². The van der Waals surface area contributed by atoms with Crippen molar-refractivity contribution in [3.05, 3.63) is 29.5 Å². The lowest BCUT2D eigenvalue weighted by atomic mass is 9.99. The molecule has 2 rings (SSSR count). The summed E-state index contributed by atoms with van der Waals surface area (Å²) in [4.78, 5) is 10.9. The number of aliphatic hydroxyl groups excluding tert-OH is 3. The van der Waals surface area contributed by atoms with Crippen LogP contribution in [-0.4, -0.2) is 62.3 Å². The first kappa shape index (κ1) is 16.6. The van der Waals surface area contributed by atoms with Crippen LogP contribution >= 0.6 is 0 Å². The van der Waals surface area contributed by atoms with E-state index in [1.54, 1.807) is 0 Å². The number of carboxylic acid groups (broad SMARTS) is 1. The van der Waals surface area contributed by atoms with Gasteiger partial charge in [-0.3, -0.25) is 0 Å². The van der Waals surface area contributed by atoms with Gasteiger partial charge in [0, 0.05) is 12.1 Å². The largest absolute Gasteiger partial charge is 0.595 e. The highest BCUT2D eigenvalue weighted by atomic mass is 16.8. The summed E-state index contributed by atoms with van der Waals surface area (Å²) in [5.41, 5.74) is 0.0105. The Morgan fingerprint density at radius 2 is 1.73 bits per heavy atom. The van der Waals surface area contributed by atoms with E-state index in [0.717, 1.165) is 0 Å². The fraction of sp³-hybridized carbons (Fsp3) is 0.417. The number of quaternary nitrogens is 1. The van der Waals surface area contributed by atoms with Gasteiger partial charge in [-0.25, -0.2) is 10.0 Å². The van der Waals surface area contributed by atoms with Crippen LogP contribution in [-0.2, 0) is 9.53 Å². The summed E-state index contributed by atoms with van der Waals surface area (Å²) in [6, 6.07) is 5.05. The lowest BCUT2D eigenvalue weighted by molar-refractivity contribution is -0.991. The molecule has 0 saturated carbocycles. The lowest BCUT2D eigenvalue weighted by Crippen LogP contribution is -2.99. The number of nitrogens with one attached hydrogen (secondary N) is 1. The van der Waals surface area contributed by atoms with E-state index in [0.29, 0.717) is 0 Å². The van der Waals surface area contributed by atoms with Gasteiger partial charge in [-0.15, -0.1) is 0 Å². The van der Waals surface area contributed by atoms with Gasteiger partial charge in [0.05, 0.1) is 0 Å². The molecule has 22 heavy (non-hydrogen) atoms. The van der Waals surface area contributed by atoms with Gasteiger partial charge in [0.1, 0.15) is 24.1 Å². The molecular weight excluding hydrogens is 302 g/mol. The summed E-state index contributed by atoms with van der Waals surface area (Å²) in [5.74, 6) is -1.42. The summed E-state index contributed by atoms with van der Waals surface area (Å²) in [6.45, 7) is 0. The molecule has 0 aliphatic carbocycles. The molecule has 1 saturated heterocycles. The molecular formula is C12H15NO9. The molecule has 0 bridgehead atoms. The maximum Gasteiger partial charge on any atom is 0.335 e. The Hall–Kier alpha value is -1.79. The van der Waals surface area contributed by atoms with Crippen molar-refractivity contribution in [2.75, 3.05) is 0 Å². The summed E-state index contributed by atoms with van der Waals surface area (Å²) < 4.78 is 10.1. The summed E-state index contributed by atoms with van der Waals surface area (Å²) >= 11 is 0. The Morgan fingerprint density at radius 1 is 1.14 bits per heavy atom. The molecule has 0 aromatic heterocycles.